The molecule has 1 aliphatic heterocycles. The van der Waals surface area contributed by atoms with E-state index in [9.17, 15) is 19.6 Å². The Morgan fingerprint density at radius 1 is 0.971 bits per heavy atom. The lowest BCUT2D eigenvalue weighted by Gasteiger charge is -2.19. The predicted octanol–water partition coefficient (Wildman–Crippen LogP) is 3.75. The highest BCUT2D eigenvalue weighted by molar-refractivity contribution is 8.17. The molecule has 1 aliphatic carbocycles. The van der Waals surface area contributed by atoms with Crippen LogP contribution < -0.4 is 10.6 Å². The van der Waals surface area contributed by atoms with E-state index in [0.29, 0.717) is 0 Å². The first-order chi connectivity index (χ1) is 16.9. The van der Waals surface area contributed by atoms with Gasteiger partial charge in [0.15, 0.2) is 0 Å². The standard InChI is InChI=1S/C27H29N3O4S/c1-17(25(31)24(15-28)35-13-7-8-14-35)29-26(32)18(2)30-27(33)34-16-23-21-11-5-3-9-19(21)20-10-4-6-12-22(20)23/h3-6,9-12,17-18,23H,7-8,13-14,16H2,1-2H3,(H,29,32)(H,30,33)/t17-,18?/m0/s1. The fourth-order valence-corrected chi connectivity index (χ4v) is 6.91. The van der Waals surface area contributed by atoms with Crippen LogP contribution in [-0.2, 0) is 14.3 Å². The molecule has 2 amide bonds. The first-order valence-electron chi connectivity index (χ1n) is 11.8. The molecule has 2 aromatic carbocycles. The second-order valence-corrected chi connectivity index (χ2v) is 11.0. The van der Waals surface area contributed by atoms with E-state index in [4.69, 9.17) is 4.74 Å². The van der Waals surface area contributed by atoms with Gasteiger partial charge in [0.25, 0.3) is 0 Å². The minimum atomic E-state index is -0.902. The van der Waals surface area contributed by atoms with E-state index in [1.165, 1.54) is 6.92 Å². The number of ether oxygens (including phenoxy) is 1. The van der Waals surface area contributed by atoms with Crippen molar-refractivity contribution in [2.75, 3.05) is 18.1 Å². The van der Waals surface area contributed by atoms with Crippen molar-refractivity contribution in [2.45, 2.75) is 44.7 Å². The van der Waals surface area contributed by atoms with Gasteiger partial charge in [0.05, 0.1) is 6.04 Å². The zero-order chi connectivity index (χ0) is 24.9. The predicted molar refractivity (Wildman–Crippen MR) is 137 cm³/mol. The lowest BCUT2D eigenvalue weighted by molar-refractivity contribution is -0.126. The molecule has 182 valence electrons. The Morgan fingerprint density at radius 2 is 1.54 bits per heavy atom. The summed E-state index contributed by atoms with van der Waals surface area (Å²) in [5.41, 5.74) is 4.48. The topological polar surface area (TPSA) is 108 Å². The van der Waals surface area contributed by atoms with E-state index in [2.05, 4.69) is 28.8 Å². The van der Waals surface area contributed by atoms with Crippen LogP contribution in [0.1, 0.15) is 43.7 Å². The third kappa shape index (κ3) is 5.30. The molecule has 0 saturated carbocycles. The average molecular weight is 492 g/mol. The Kier molecular flexibility index (Phi) is 7.67. The smallest absolute Gasteiger partial charge is 0.407 e. The molecule has 1 saturated heterocycles. The van der Waals surface area contributed by atoms with Crippen LogP contribution in [0, 0.1) is 11.3 Å². The molecule has 0 aromatic heterocycles. The van der Waals surface area contributed by atoms with E-state index < -0.39 is 24.1 Å². The minimum absolute atomic E-state index is 0.0775. The zero-order valence-electron chi connectivity index (χ0n) is 19.9. The summed E-state index contributed by atoms with van der Waals surface area (Å²) in [5, 5.41) is 14.6. The van der Waals surface area contributed by atoms with Crippen molar-refractivity contribution in [1.29, 1.82) is 5.26 Å². The SMILES string of the molecule is CC(NC(=O)OCC1c2ccccc2-c2ccccc21)C(=O)N[C@@H](C)C(=O)C(C#N)=S1CCCC1. The minimum Gasteiger partial charge on any atom is -0.449 e. The number of Topliss-reactive ketones (excluding diaryl/α,β-unsaturated/α-hetero) is 1. The van der Waals surface area contributed by atoms with Gasteiger partial charge in [0.1, 0.15) is 23.6 Å². The third-order valence-corrected chi connectivity index (χ3v) is 8.90. The third-order valence-electron chi connectivity index (χ3n) is 6.47. The molecule has 35 heavy (non-hydrogen) atoms. The summed E-state index contributed by atoms with van der Waals surface area (Å²) in [4.78, 5) is 38.0. The van der Waals surface area contributed by atoms with E-state index in [0.717, 1.165) is 46.6 Å². The summed E-state index contributed by atoms with van der Waals surface area (Å²) in [6.45, 7) is 3.24. The average Bonchev–Trinajstić information content (AvgIpc) is 3.50. The van der Waals surface area contributed by atoms with Crippen LogP contribution in [0.3, 0.4) is 0 Å². The lowest BCUT2D eigenvalue weighted by atomic mass is 9.98. The summed E-state index contributed by atoms with van der Waals surface area (Å²) in [6, 6.07) is 16.4. The molecule has 1 fully saturated rings. The molecular formula is C27H29N3O4S. The Bertz CT molecular complexity index is 1180. The lowest BCUT2D eigenvalue weighted by Crippen LogP contribution is -2.50. The van der Waals surface area contributed by atoms with Gasteiger partial charge in [-0.15, -0.1) is 0 Å². The Hall–Kier alpha value is -3.44. The largest absolute Gasteiger partial charge is 0.449 e. The number of alkyl carbamates (subject to hydrolysis) is 1. The number of carbonyl (C=O) groups is 3. The first kappa shape index (κ1) is 24.7. The van der Waals surface area contributed by atoms with Gasteiger partial charge in [-0.25, -0.2) is 4.79 Å². The van der Waals surface area contributed by atoms with Gasteiger partial charge in [0.2, 0.25) is 11.7 Å². The summed E-state index contributed by atoms with van der Waals surface area (Å²) in [5.74, 6) is 0.779. The second kappa shape index (κ2) is 10.9. The van der Waals surface area contributed by atoms with Crippen molar-refractivity contribution in [3.8, 4) is 17.2 Å². The number of hydrogen-bond donors (Lipinski definition) is 2. The molecule has 0 radical (unpaired) electrons. The van der Waals surface area contributed by atoms with Crippen molar-refractivity contribution < 1.29 is 19.1 Å². The molecular weight excluding hydrogens is 462 g/mol. The van der Waals surface area contributed by atoms with Crippen molar-refractivity contribution in [1.82, 2.24) is 10.6 Å². The highest BCUT2D eigenvalue weighted by Crippen LogP contribution is 2.44. The van der Waals surface area contributed by atoms with E-state index >= 15 is 0 Å². The van der Waals surface area contributed by atoms with Crippen LogP contribution in [-0.4, -0.2) is 52.8 Å². The Morgan fingerprint density at radius 3 is 2.11 bits per heavy atom. The monoisotopic (exact) mass is 491 g/mol. The van der Waals surface area contributed by atoms with Gasteiger partial charge in [-0.2, -0.15) is 15.7 Å². The molecule has 2 aromatic rings. The van der Waals surface area contributed by atoms with Crippen molar-refractivity contribution in [2.24, 2.45) is 0 Å². The number of rotatable bonds is 7. The molecule has 2 atom stereocenters. The molecule has 7 nitrogen and oxygen atoms in total. The summed E-state index contributed by atoms with van der Waals surface area (Å²) in [7, 11) is -0.321. The number of amides is 2. The Labute approximate surface area is 207 Å². The van der Waals surface area contributed by atoms with Gasteiger partial charge in [-0.05, 0) is 60.4 Å². The molecule has 4 rings (SSSR count). The Balaban J connectivity index is 1.32. The van der Waals surface area contributed by atoms with Crippen molar-refractivity contribution >= 4 is 33.1 Å². The maximum absolute atomic E-state index is 12.7. The quantitative estimate of drug-likeness (QED) is 0.574. The van der Waals surface area contributed by atoms with Gasteiger partial charge >= 0.3 is 6.09 Å². The normalized spacial score (nSPS) is 16.4. The fraction of sp³-hybridized carbons (Fsp3) is 0.370. The fourth-order valence-electron chi connectivity index (χ4n) is 4.60. The number of nitriles is 1. The molecule has 0 bridgehead atoms. The molecule has 8 heteroatoms. The summed E-state index contributed by atoms with van der Waals surface area (Å²) >= 11 is 0. The van der Waals surface area contributed by atoms with Gasteiger partial charge in [-0.3, -0.25) is 9.59 Å². The number of carbonyl (C=O) groups excluding carboxylic acids is 3. The first-order valence-corrected chi connectivity index (χ1v) is 13.4. The molecule has 0 spiro atoms. The number of hydrogen-bond acceptors (Lipinski definition) is 5. The van der Waals surface area contributed by atoms with Crippen molar-refractivity contribution in [3.05, 3.63) is 59.7 Å². The van der Waals surface area contributed by atoms with Crippen LogP contribution in [0.5, 0.6) is 0 Å². The number of fused-ring (bicyclic) bond motifs is 3. The van der Waals surface area contributed by atoms with Gasteiger partial charge in [-0.1, -0.05) is 48.5 Å². The maximum Gasteiger partial charge on any atom is 0.407 e. The number of ketones is 1. The van der Waals surface area contributed by atoms with Crippen LogP contribution in [0.25, 0.3) is 11.1 Å². The number of benzene rings is 2. The van der Waals surface area contributed by atoms with E-state index in [-0.39, 0.29) is 33.7 Å². The molecule has 2 N–H and O–H groups in total. The summed E-state index contributed by atoms with van der Waals surface area (Å²) < 4.78 is 5.49. The molecule has 2 aliphatic rings. The van der Waals surface area contributed by atoms with Crippen molar-refractivity contribution in [3.63, 3.8) is 0 Å². The van der Waals surface area contributed by atoms with Crippen LogP contribution in [0.15, 0.2) is 48.5 Å². The summed E-state index contributed by atoms with van der Waals surface area (Å²) in [6.07, 6.45) is 1.33. The highest BCUT2D eigenvalue weighted by atomic mass is 32.2. The van der Waals surface area contributed by atoms with E-state index in [1.54, 1.807) is 6.92 Å². The number of nitrogens with one attached hydrogen (secondary N) is 2. The van der Waals surface area contributed by atoms with Gasteiger partial charge < -0.3 is 15.4 Å². The maximum atomic E-state index is 12.7. The van der Waals surface area contributed by atoms with Crippen LogP contribution in [0.4, 0.5) is 4.79 Å². The van der Waals surface area contributed by atoms with Crippen LogP contribution in [0.2, 0.25) is 0 Å². The van der Waals surface area contributed by atoms with E-state index in [1.807, 2.05) is 36.4 Å². The zero-order valence-corrected chi connectivity index (χ0v) is 20.7. The van der Waals surface area contributed by atoms with Crippen LogP contribution >= 0.6 is 10.5 Å². The number of nitrogens with zero attached hydrogens (tertiary/aromatic N) is 1. The second-order valence-electron chi connectivity index (χ2n) is 8.84. The highest BCUT2D eigenvalue weighted by Gasteiger charge is 2.30. The van der Waals surface area contributed by atoms with Gasteiger partial charge in [0, 0.05) is 5.92 Å². The molecule has 1 heterocycles. The molecule has 1 unspecified atom stereocenters.